The van der Waals surface area contributed by atoms with Crippen LogP contribution in [0, 0.1) is 0 Å². The summed E-state index contributed by atoms with van der Waals surface area (Å²) in [4.78, 5) is 29.7. The number of nitrogens with zero attached hydrogens (tertiary/aromatic N) is 2. The number of ether oxygens (including phenoxy) is 2. The largest absolute Gasteiger partial charge is 0.459 e. The van der Waals surface area contributed by atoms with Crippen LogP contribution in [0.2, 0.25) is 0 Å². The summed E-state index contributed by atoms with van der Waals surface area (Å²) in [6, 6.07) is 18.5. The molecule has 3 atom stereocenters. The molecule has 0 spiro atoms. The van der Waals surface area contributed by atoms with E-state index in [9.17, 15) is 9.59 Å². The van der Waals surface area contributed by atoms with E-state index in [1.54, 1.807) is 18.0 Å². The topological polar surface area (TPSA) is 59.1 Å². The van der Waals surface area contributed by atoms with Crippen molar-refractivity contribution in [3.05, 3.63) is 84.4 Å². The van der Waals surface area contributed by atoms with Crippen molar-refractivity contribution in [2.45, 2.75) is 64.1 Å². The van der Waals surface area contributed by atoms with Crippen LogP contribution < -0.4 is 0 Å². The Balaban J connectivity index is 1.79. The van der Waals surface area contributed by atoms with Gasteiger partial charge in [-0.05, 0) is 38.3 Å². The van der Waals surface area contributed by atoms with E-state index in [0.29, 0.717) is 13.0 Å². The lowest BCUT2D eigenvalue weighted by Gasteiger charge is -2.32. The van der Waals surface area contributed by atoms with Crippen molar-refractivity contribution in [3.8, 4) is 0 Å². The number of rotatable bonds is 7. The third kappa shape index (κ3) is 6.45. The second-order valence-electron chi connectivity index (χ2n) is 9.39. The van der Waals surface area contributed by atoms with E-state index >= 15 is 0 Å². The number of esters is 1. The highest BCUT2D eigenvalue weighted by molar-refractivity contribution is 5.77. The summed E-state index contributed by atoms with van der Waals surface area (Å²) in [6.07, 6.45) is 1.81. The lowest BCUT2D eigenvalue weighted by atomic mass is 10.1. The summed E-state index contributed by atoms with van der Waals surface area (Å²) >= 11 is 0. The van der Waals surface area contributed by atoms with Gasteiger partial charge in [0.25, 0.3) is 0 Å². The third-order valence-electron chi connectivity index (χ3n) is 5.76. The van der Waals surface area contributed by atoms with Crippen LogP contribution >= 0.6 is 0 Å². The zero-order chi connectivity index (χ0) is 24.0. The Morgan fingerprint density at radius 3 is 2.18 bits per heavy atom. The fraction of sp³-hybridized carbons (Fsp3) is 0.407. The first-order chi connectivity index (χ1) is 15.7. The third-order valence-corrected chi connectivity index (χ3v) is 5.76. The molecular weight excluding hydrogens is 416 g/mol. The fourth-order valence-corrected chi connectivity index (χ4v) is 4.18. The van der Waals surface area contributed by atoms with Crippen molar-refractivity contribution in [2.24, 2.45) is 0 Å². The minimum absolute atomic E-state index is 0.193. The maximum absolute atomic E-state index is 13.1. The van der Waals surface area contributed by atoms with Gasteiger partial charge in [0.1, 0.15) is 18.2 Å². The predicted octanol–water partition coefficient (Wildman–Crippen LogP) is 4.79. The molecule has 1 heterocycles. The minimum Gasteiger partial charge on any atom is -0.459 e. The first-order valence-electron chi connectivity index (χ1n) is 11.3. The predicted molar refractivity (Wildman–Crippen MR) is 128 cm³/mol. The second-order valence-corrected chi connectivity index (χ2v) is 9.39. The number of carbonyl (C=O) groups excluding carboxylic acids is 2. The molecule has 2 aromatic rings. The molecule has 0 saturated carbocycles. The molecule has 2 aromatic carbocycles. The van der Waals surface area contributed by atoms with Crippen LogP contribution in [-0.2, 0) is 27.4 Å². The maximum atomic E-state index is 13.1. The van der Waals surface area contributed by atoms with Crippen molar-refractivity contribution in [2.75, 3.05) is 7.05 Å². The van der Waals surface area contributed by atoms with Crippen LogP contribution in [0.25, 0.3) is 0 Å². The van der Waals surface area contributed by atoms with Gasteiger partial charge in [0.05, 0.1) is 6.04 Å². The maximum Gasteiger partial charge on any atom is 0.410 e. The van der Waals surface area contributed by atoms with Gasteiger partial charge in [-0.15, -0.1) is 6.58 Å². The van der Waals surface area contributed by atoms with E-state index in [2.05, 4.69) is 11.5 Å². The molecule has 0 aliphatic carbocycles. The summed E-state index contributed by atoms with van der Waals surface area (Å²) in [5.41, 5.74) is 1.40. The van der Waals surface area contributed by atoms with Crippen molar-refractivity contribution >= 4 is 12.1 Å². The van der Waals surface area contributed by atoms with Gasteiger partial charge in [0.15, 0.2) is 0 Å². The van der Waals surface area contributed by atoms with Gasteiger partial charge in [-0.25, -0.2) is 4.79 Å². The summed E-state index contributed by atoms with van der Waals surface area (Å²) in [6.45, 7) is 10.3. The van der Waals surface area contributed by atoms with E-state index in [4.69, 9.17) is 9.47 Å². The molecule has 1 amide bonds. The Morgan fingerprint density at radius 1 is 1.06 bits per heavy atom. The molecule has 1 aliphatic heterocycles. The number of hydrogen-bond donors (Lipinski definition) is 0. The van der Waals surface area contributed by atoms with E-state index in [1.165, 1.54) is 0 Å². The van der Waals surface area contributed by atoms with Crippen LogP contribution in [-0.4, -0.2) is 52.6 Å². The number of carbonyl (C=O) groups is 2. The first-order valence-corrected chi connectivity index (χ1v) is 11.3. The number of amides is 1. The monoisotopic (exact) mass is 450 g/mol. The Morgan fingerprint density at radius 2 is 1.64 bits per heavy atom. The van der Waals surface area contributed by atoms with Crippen molar-refractivity contribution in [1.82, 2.24) is 9.80 Å². The summed E-state index contributed by atoms with van der Waals surface area (Å²) < 4.78 is 11.3. The quantitative estimate of drug-likeness (QED) is 0.448. The van der Waals surface area contributed by atoms with Crippen LogP contribution in [0.15, 0.2) is 73.3 Å². The minimum atomic E-state index is -0.599. The van der Waals surface area contributed by atoms with E-state index < -0.39 is 17.7 Å². The van der Waals surface area contributed by atoms with Crippen molar-refractivity contribution in [3.63, 3.8) is 0 Å². The lowest BCUT2D eigenvalue weighted by molar-refractivity contribution is -0.160. The number of likely N-dealkylation sites (N-methyl/N-ethyl adjacent to an activating group) is 1. The van der Waals surface area contributed by atoms with Gasteiger partial charge in [-0.2, -0.15) is 0 Å². The van der Waals surface area contributed by atoms with Gasteiger partial charge in [0, 0.05) is 19.6 Å². The molecule has 1 aliphatic rings. The van der Waals surface area contributed by atoms with Gasteiger partial charge < -0.3 is 14.4 Å². The van der Waals surface area contributed by atoms with Gasteiger partial charge >= 0.3 is 12.1 Å². The molecule has 1 saturated heterocycles. The molecule has 6 nitrogen and oxygen atoms in total. The molecule has 6 heteroatoms. The average Bonchev–Trinajstić information content (AvgIpc) is 3.15. The summed E-state index contributed by atoms with van der Waals surface area (Å²) in [5, 5.41) is 0. The smallest absolute Gasteiger partial charge is 0.410 e. The standard InChI is InChI=1S/C27H34N2O4/c1-6-22-23(28(5)26(31)32-19-21-15-11-8-12-16-21)17-24(25(30)33-27(2,3)4)29(22)18-20-13-9-7-10-14-20/h6-16,22-24H,1,17-19H2,2-5H3/t22?,23-,24-/m1/s1. The number of likely N-dealkylation sites (tertiary alicyclic amines) is 1. The summed E-state index contributed by atoms with van der Waals surface area (Å²) in [7, 11) is 1.71. The van der Waals surface area contributed by atoms with E-state index in [-0.39, 0.29) is 24.7 Å². The SMILES string of the molecule is C=CC1[C@H](N(C)C(=O)OCc2ccccc2)C[C@H](C(=O)OC(C)(C)C)N1Cc1ccccc1. The number of benzene rings is 2. The first kappa shape index (κ1) is 24.5. The van der Waals surface area contributed by atoms with Crippen LogP contribution in [0.1, 0.15) is 38.3 Å². The van der Waals surface area contributed by atoms with Gasteiger partial charge in [-0.1, -0.05) is 66.7 Å². The van der Waals surface area contributed by atoms with Gasteiger partial charge in [0.2, 0.25) is 0 Å². The zero-order valence-electron chi connectivity index (χ0n) is 19.9. The molecule has 0 radical (unpaired) electrons. The number of hydrogen-bond acceptors (Lipinski definition) is 5. The molecule has 3 rings (SSSR count). The van der Waals surface area contributed by atoms with E-state index in [0.717, 1.165) is 11.1 Å². The second kappa shape index (κ2) is 10.7. The van der Waals surface area contributed by atoms with E-state index in [1.807, 2.05) is 81.4 Å². The molecule has 0 bridgehead atoms. The van der Waals surface area contributed by atoms with Crippen LogP contribution in [0.3, 0.4) is 0 Å². The average molecular weight is 451 g/mol. The Kier molecular flexibility index (Phi) is 7.92. The highest BCUT2D eigenvalue weighted by Crippen LogP contribution is 2.32. The molecule has 1 unspecified atom stereocenters. The van der Waals surface area contributed by atoms with Crippen LogP contribution in [0.4, 0.5) is 4.79 Å². The molecule has 0 aromatic heterocycles. The molecule has 176 valence electrons. The van der Waals surface area contributed by atoms with Gasteiger partial charge in [-0.3, -0.25) is 9.69 Å². The molecule has 0 N–H and O–H groups in total. The normalized spacial score (nSPS) is 20.8. The molecule has 33 heavy (non-hydrogen) atoms. The summed E-state index contributed by atoms with van der Waals surface area (Å²) in [5.74, 6) is -0.293. The Hall–Kier alpha value is -3.12. The highest BCUT2D eigenvalue weighted by Gasteiger charge is 2.47. The van der Waals surface area contributed by atoms with Crippen molar-refractivity contribution < 1.29 is 19.1 Å². The molecular formula is C27H34N2O4. The fourth-order valence-electron chi connectivity index (χ4n) is 4.18. The van der Waals surface area contributed by atoms with Crippen LogP contribution in [0.5, 0.6) is 0 Å². The van der Waals surface area contributed by atoms with Crippen molar-refractivity contribution in [1.29, 1.82) is 0 Å². The highest BCUT2D eigenvalue weighted by atomic mass is 16.6. The molecule has 1 fully saturated rings. The zero-order valence-corrected chi connectivity index (χ0v) is 19.9. The Labute approximate surface area is 196 Å². The Bertz CT molecular complexity index is 940. The lowest BCUT2D eigenvalue weighted by Crippen LogP contribution is -2.46.